The summed E-state index contributed by atoms with van der Waals surface area (Å²) in [6, 6.07) is 0. The first kappa shape index (κ1) is 14.0. The summed E-state index contributed by atoms with van der Waals surface area (Å²) in [5.74, 6) is -0.960. The summed E-state index contributed by atoms with van der Waals surface area (Å²) in [5.41, 5.74) is 4.51. The minimum absolute atomic E-state index is 0.141. The van der Waals surface area contributed by atoms with Crippen LogP contribution < -0.4 is 11.1 Å². The molecule has 0 saturated heterocycles. The molecular weight excluding hydrogens is 220 g/mol. The van der Waals surface area contributed by atoms with Crippen molar-refractivity contribution in [1.29, 1.82) is 0 Å². The molecule has 5 nitrogen and oxygen atoms in total. The van der Waals surface area contributed by atoms with Gasteiger partial charge in [-0.3, -0.25) is 4.79 Å². The highest BCUT2D eigenvalue weighted by Gasteiger charge is 2.42. The van der Waals surface area contributed by atoms with Crippen LogP contribution in [-0.4, -0.2) is 29.1 Å². The molecule has 0 aromatic heterocycles. The number of rotatable bonds is 6. The molecule has 1 amide bonds. The Bertz CT molecular complexity index is 281. The van der Waals surface area contributed by atoms with E-state index in [1.165, 1.54) is 0 Å². The summed E-state index contributed by atoms with van der Waals surface area (Å²) in [6.07, 6.45) is 3.95. The van der Waals surface area contributed by atoms with Gasteiger partial charge in [0.15, 0.2) is 0 Å². The maximum Gasteiger partial charge on any atom is 0.329 e. The van der Waals surface area contributed by atoms with Crippen molar-refractivity contribution in [2.45, 2.75) is 51.0 Å². The Morgan fingerprint density at radius 1 is 1.41 bits per heavy atom. The molecule has 1 aliphatic rings. The molecule has 0 aromatic rings. The summed E-state index contributed by atoms with van der Waals surface area (Å²) < 4.78 is 0. The first-order valence-corrected chi connectivity index (χ1v) is 6.28. The number of carboxylic acids is 1. The van der Waals surface area contributed by atoms with Crippen molar-refractivity contribution in [3.63, 3.8) is 0 Å². The predicted octanol–water partition coefficient (Wildman–Crippen LogP) is 0.875. The number of hydrogen-bond acceptors (Lipinski definition) is 3. The molecule has 0 radical (unpaired) electrons. The Balaban J connectivity index is 2.56. The Hall–Kier alpha value is -1.10. The molecule has 1 fully saturated rings. The fourth-order valence-electron chi connectivity index (χ4n) is 2.35. The second-order valence-electron chi connectivity index (χ2n) is 4.86. The highest BCUT2D eigenvalue weighted by atomic mass is 16.4. The van der Waals surface area contributed by atoms with Crippen LogP contribution in [0.25, 0.3) is 0 Å². The summed E-state index contributed by atoms with van der Waals surface area (Å²) in [6.45, 7) is 2.44. The third-order valence-corrected chi connectivity index (χ3v) is 3.63. The van der Waals surface area contributed by atoms with Gasteiger partial charge in [0.05, 0.1) is 0 Å². The van der Waals surface area contributed by atoms with E-state index >= 15 is 0 Å². The van der Waals surface area contributed by atoms with Gasteiger partial charge in [-0.25, -0.2) is 4.79 Å². The zero-order valence-electron chi connectivity index (χ0n) is 10.4. The number of carbonyl (C=O) groups excluding carboxylic acids is 1. The Morgan fingerprint density at radius 3 is 2.41 bits per heavy atom. The van der Waals surface area contributed by atoms with Gasteiger partial charge >= 0.3 is 5.97 Å². The van der Waals surface area contributed by atoms with Crippen molar-refractivity contribution >= 4 is 11.9 Å². The fraction of sp³-hybridized carbons (Fsp3) is 0.833. The number of nitrogens with one attached hydrogen (secondary N) is 1. The third kappa shape index (κ3) is 3.43. The lowest BCUT2D eigenvalue weighted by molar-refractivity contribution is -0.147. The number of carbonyl (C=O) groups is 2. The molecule has 1 atom stereocenters. The summed E-state index contributed by atoms with van der Waals surface area (Å²) >= 11 is 0. The number of nitrogens with two attached hydrogens (primary N) is 1. The van der Waals surface area contributed by atoms with Gasteiger partial charge in [-0.05, 0) is 25.3 Å². The van der Waals surface area contributed by atoms with Crippen molar-refractivity contribution in [3.05, 3.63) is 0 Å². The van der Waals surface area contributed by atoms with Gasteiger partial charge in [-0.1, -0.05) is 26.2 Å². The lowest BCUT2D eigenvalue weighted by Crippen LogP contribution is -2.52. The van der Waals surface area contributed by atoms with Gasteiger partial charge in [-0.15, -0.1) is 0 Å². The molecular formula is C12H22N2O3. The average Bonchev–Trinajstić information content (AvgIpc) is 2.75. The molecule has 1 aliphatic carbocycles. The van der Waals surface area contributed by atoms with E-state index in [9.17, 15) is 14.7 Å². The van der Waals surface area contributed by atoms with E-state index in [4.69, 9.17) is 5.73 Å². The molecule has 0 bridgehead atoms. The minimum atomic E-state index is -1.02. The quantitative estimate of drug-likeness (QED) is 0.644. The van der Waals surface area contributed by atoms with Gasteiger partial charge in [-0.2, -0.15) is 0 Å². The van der Waals surface area contributed by atoms with Crippen LogP contribution in [-0.2, 0) is 9.59 Å². The Morgan fingerprint density at radius 2 is 2.00 bits per heavy atom. The van der Waals surface area contributed by atoms with Crippen molar-refractivity contribution in [2.24, 2.45) is 11.7 Å². The lowest BCUT2D eigenvalue weighted by atomic mass is 9.96. The molecule has 0 spiro atoms. The SMILES string of the molecule is CCC(CN)CC(=O)NC1(C(=O)O)CCCC1. The van der Waals surface area contributed by atoms with E-state index < -0.39 is 11.5 Å². The Kier molecular flexibility index (Phi) is 4.93. The minimum Gasteiger partial charge on any atom is -0.480 e. The molecule has 1 saturated carbocycles. The van der Waals surface area contributed by atoms with Crippen LogP contribution in [0.2, 0.25) is 0 Å². The molecule has 0 aliphatic heterocycles. The molecule has 0 aromatic carbocycles. The average molecular weight is 242 g/mol. The molecule has 0 heterocycles. The summed E-state index contributed by atoms with van der Waals surface area (Å²) in [5, 5.41) is 11.9. The largest absolute Gasteiger partial charge is 0.480 e. The lowest BCUT2D eigenvalue weighted by Gasteiger charge is -2.26. The van der Waals surface area contributed by atoms with Gasteiger partial charge < -0.3 is 16.2 Å². The van der Waals surface area contributed by atoms with Crippen molar-refractivity contribution in [2.75, 3.05) is 6.54 Å². The van der Waals surface area contributed by atoms with E-state index in [0.29, 0.717) is 25.8 Å². The first-order chi connectivity index (χ1) is 8.04. The van der Waals surface area contributed by atoms with Gasteiger partial charge in [0.25, 0.3) is 0 Å². The van der Waals surface area contributed by atoms with E-state index in [2.05, 4.69) is 5.32 Å². The Labute approximate surface area is 102 Å². The number of amides is 1. The normalized spacial score (nSPS) is 19.9. The topological polar surface area (TPSA) is 92.4 Å². The van der Waals surface area contributed by atoms with E-state index in [1.807, 2.05) is 6.92 Å². The monoisotopic (exact) mass is 242 g/mol. The summed E-state index contributed by atoms with van der Waals surface area (Å²) in [7, 11) is 0. The second-order valence-corrected chi connectivity index (χ2v) is 4.86. The van der Waals surface area contributed by atoms with Crippen LogP contribution >= 0.6 is 0 Å². The fourth-order valence-corrected chi connectivity index (χ4v) is 2.35. The van der Waals surface area contributed by atoms with Crippen LogP contribution in [0.4, 0.5) is 0 Å². The van der Waals surface area contributed by atoms with Crippen molar-refractivity contribution in [1.82, 2.24) is 5.32 Å². The number of aliphatic carboxylic acids is 1. The van der Waals surface area contributed by atoms with Crippen molar-refractivity contribution in [3.8, 4) is 0 Å². The first-order valence-electron chi connectivity index (χ1n) is 6.28. The third-order valence-electron chi connectivity index (χ3n) is 3.63. The number of hydrogen-bond donors (Lipinski definition) is 3. The van der Waals surface area contributed by atoms with Crippen LogP contribution in [0.15, 0.2) is 0 Å². The van der Waals surface area contributed by atoms with Gasteiger partial charge in [0.2, 0.25) is 5.91 Å². The van der Waals surface area contributed by atoms with Gasteiger partial charge in [0.1, 0.15) is 5.54 Å². The molecule has 1 unspecified atom stereocenters. The smallest absolute Gasteiger partial charge is 0.329 e. The van der Waals surface area contributed by atoms with Crippen LogP contribution in [0.3, 0.4) is 0 Å². The maximum absolute atomic E-state index is 11.8. The second kappa shape index (κ2) is 6.00. The highest BCUT2D eigenvalue weighted by Crippen LogP contribution is 2.30. The standard InChI is InChI=1S/C12H22N2O3/c1-2-9(8-13)7-10(15)14-12(11(16)17)5-3-4-6-12/h9H,2-8,13H2,1H3,(H,14,15)(H,16,17). The van der Waals surface area contributed by atoms with Crippen LogP contribution in [0.1, 0.15) is 45.4 Å². The van der Waals surface area contributed by atoms with Crippen LogP contribution in [0, 0.1) is 5.92 Å². The highest BCUT2D eigenvalue weighted by molar-refractivity contribution is 5.87. The molecule has 17 heavy (non-hydrogen) atoms. The molecule has 4 N–H and O–H groups in total. The van der Waals surface area contributed by atoms with Crippen LogP contribution in [0.5, 0.6) is 0 Å². The number of carboxylic acid groups (broad SMARTS) is 1. The summed E-state index contributed by atoms with van der Waals surface area (Å²) in [4.78, 5) is 23.1. The zero-order valence-corrected chi connectivity index (χ0v) is 10.4. The van der Waals surface area contributed by atoms with Gasteiger partial charge in [0, 0.05) is 6.42 Å². The zero-order chi connectivity index (χ0) is 12.9. The van der Waals surface area contributed by atoms with E-state index in [1.54, 1.807) is 0 Å². The molecule has 5 heteroatoms. The maximum atomic E-state index is 11.8. The van der Waals surface area contributed by atoms with E-state index in [-0.39, 0.29) is 11.8 Å². The predicted molar refractivity (Wildman–Crippen MR) is 64.4 cm³/mol. The molecule has 1 rings (SSSR count). The van der Waals surface area contributed by atoms with Crippen molar-refractivity contribution < 1.29 is 14.7 Å². The van der Waals surface area contributed by atoms with E-state index in [0.717, 1.165) is 19.3 Å². The molecule has 98 valence electrons.